The van der Waals surface area contributed by atoms with E-state index in [1.165, 1.54) is 0 Å². The molecule has 1 saturated carbocycles. The van der Waals surface area contributed by atoms with Gasteiger partial charge in [0.1, 0.15) is 6.04 Å². The summed E-state index contributed by atoms with van der Waals surface area (Å²) in [5.74, 6) is 0. The standard InChI is InChI=1S/C6H11ClN2O2/c7-4-1-2-6-5(3-4)8-11-9(6)10/h4-6,8-9H,1-3H2. The zero-order valence-electron chi connectivity index (χ0n) is 6.05. The minimum absolute atomic E-state index is 0.0602. The van der Waals surface area contributed by atoms with Crippen molar-refractivity contribution in [3.63, 3.8) is 0 Å². The third-order valence-corrected chi connectivity index (χ3v) is 2.80. The van der Waals surface area contributed by atoms with Gasteiger partial charge in [0.2, 0.25) is 0 Å². The van der Waals surface area contributed by atoms with E-state index < -0.39 is 0 Å². The van der Waals surface area contributed by atoms with Gasteiger partial charge in [0.25, 0.3) is 0 Å². The minimum Gasteiger partial charge on any atom is -0.598 e. The second kappa shape index (κ2) is 2.88. The Balaban J connectivity index is 2.00. The Bertz CT molecular complexity index is 158. The van der Waals surface area contributed by atoms with Gasteiger partial charge in [-0.1, -0.05) is 0 Å². The molecule has 4 nitrogen and oxygen atoms in total. The van der Waals surface area contributed by atoms with Crippen LogP contribution >= 0.6 is 11.6 Å². The lowest BCUT2D eigenvalue weighted by Crippen LogP contribution is -3.09. The molecule has 2 rings (SSSR count). The summed E-state index contributed by atoms with van der Waals surface area (Å²) in [6, 6.07) is 0.226. The predicted octanol–water partition coefficient (Wildman–Crippen LogP) is -0.653. The lowest BCUT2D eigenvalue weighted by atomic mass is 9.91. The maximum absolute atomic E-state index is 11.0. The first kappa shape index (κ1) is 7.76. The number of rotatable bonds is 0. The van der Waals surface area contributed by atoms with Crippen molar-refractivity contribution in [3.8, 4) is 0 Å². The summed E-state index contributed by atoms with van der Waals surface area (Å²) in [6.07, 6.45) is 2.64. The van der Waals surface area contributed by atoms with E-state index in [4.69, 9.17) is 16.5 Å². The normalized spacial score (nSPS) is 50.7. The molecule has 1 saturated heterocycles. The quantitative estimate of drug-likeness (QED) is 0.383. The van der Waals surface area contributed by atoms with Crippen LogP contribution in [0.2, 0.25) is 0 Å². The van der Waals surface area contributed by atoms with Crippen molar-refractivity contribution in [2.24, 2.45) is 0 Å². The molecule has 4 atom stereocenters. The number of alkyl halides is 1. The molecule has 0 spiro atoms. The maximum atomic E-state index is 11.0. The molecular weight excluding hydrogens is 168 g/mol. The highest BCUT2D eigenvalue weighted by Crippen LogP contribution is 2.23. The third-order valence-electron chi connectivity index (χ3n) is 2.40. The van der Waals surface area contributed by atoms with Gasteiger partial charge < -0.3 is 5.21 Å². The van der Waals surface area contributed by atoms with Gasteiger partial charge in [-0.15, -0.1) is 22.0 Å². The van der Waals surface area contributed by atoms with Crippen LogP contribution in [0.25, 0.3) is 0 Å². The minimum atomic E-state index is -0.112. The van der Waals surface area contributed by atoms with Gasteiger partial charge >= 0.3 is 0 Å². The first-order chi connectivity index (χ1) is 5.27. The lowest BCUT2D eigenvalue weighted by molar-refractivity contribution is -1.06. The summed E-state index contributed by atoms with van der Waals surface area (Å²) < 4.78 is 0. The van der Waals surface area contributed by atoms with Crippen LogP contribution in [0.4, 0.5) is 0 Å². The largest absolute Gasteiger partial charge is 0.598 e. The molecule has 5 heteroatoms. The van der Waals surface area contributed by atoms with Gasteiger partial charge in [-0.3, -0.25) is 0 Å². The molecule has 1 heterocycles. The number of hydroxylamine groups is 3. The van der Waals surface area contributed by atoms with Crippen LogP contribution in [0.1, 0.15) is 19.3 Å². The van der Waals surface area contributed by atoms with Gasteiger partial charge in [0.15, 0.2) is 0 Å². The molecule has 0 amide bonds. The number of fused-ring (bicyclic) bond motifs is 1. The Hall–Kier alpha value is 0.130. The molecule has 0 bridgehead atoms. The fraction of sp³-hybridized carbons (Fsp3) is 1.00. The van der Waals surface area contributed by atoms with E-state index >= 15 is 0 Å². The van der Waals surface area contributed by atoms with E-state index in [-0.39, 0.29) is 22.7 Å². The van der Waals surface area contributed by atoms with Crippen molar-refractivity contribution in [2.45, 2.75) is 36.7 Å². The average Bonchev–Trinajstić information content (AvgIpc) is 2.32. The van der Waals surface area contributed by atoms with E-state index in [2.05, 4.69) is 5.48 Å². The van der Waals surface area contributed by atoms with Crippen LogP contribution < -0.4 is 10.7 Å². The Labute approximate surface area is 69.9 Å². The highest BCUT2D eigenvalue weighted by atomic mass is 35.5. The predicted molar refractivity (Wildman–Crippen MR) is 39.6 cm³/mol. The van der Waals surface area contributed by atoms with E-state index in [9.17, 15) is 5.21 Å². The molecule has 11 heavy (non-hydrogen) atoms. The van der Waals surface area contributed by atoms with Crippen molar-refractivity contribution in [2.75, 3.05) is 0 Å². The summed E-state index contributed by atoms with van der Waals surface area (Å²) in [6.45, 7) is 0. The number of quaternary nitrogens is 1. The second-order valence-electron chi connectivity index (χ2n) is 3.16. The molecule has 1 aliphatic heterocycles. The number of halogens is 1. The average molecular weight is 179 g/mol. The number of hydrogen-bond donors (Lipinski definition) is 2. The second-order valence-corrected chi connectivity index (χ2v) is 3.78. The van der Waals surface area contributed by atoms with Crippen molar-refractivity contribution in [3.05, 3.63) is 5.21 Å². The van der Waals surface area contributed by atoms with Gasteiger partial charge in [-0.2, -0.15) is 5.23 Å². The first-order valence-corrected chi connectivity index (χ1v) is 4.31. The lowest BCUT2D eigenvalue weighted by Gasteiger charge is -2.27. The van der Waals surface area contributed by atoms with Crippen molar-refractivity contribution in [1.29, 1.82) is 0 Å². The summed E-state index contributed by atoms with van der Waals surface area (Å²) >= 11 is 5.92. The number of hydrogen-bond acceptors (Lipinski definition) is 3. The maximum Gasteiger partial charge on any atom is 0.137 e. The summed E-state index contributed by atoms with van der Waals surface area (Å²) in [5, 5.41) is 11.1. The molecule has 0 aromatic heterocycles. The highest BCUT2D eigenvalue weighted by Gasteiger charge is 2.40. The van der Waals surface area contributed by atoms with E-state index in [0.717, 1.165) is 19.3 Å². The Morgan fingerprint density at radius 1 is 1.55 bits per heavy atom. The fourth-order valence-electron chi connectivity index (χ4n) is 1.74. The zero-order valence-corrected chi connectivity index (χ0v) is 6.80. The van der Waals surface area contributed by atoms with Crippen LogP contribution in [0, 0.1) is 5.21 Å². The molecule has 2 fully saturated rings. The van der Waals surface area contributed by atoms with E-state index in [1.807, 2.05) is 0 Å². The molecule has 2 N–H and O–H groups in total. The molecule has 0 aromatic rings. The van der Waals surface area contributed by atoms with Gasteiger partial charge in [-0.25, -0.2) is 0 Å². The Morgan fingerprint density at radius 2 is 2.36 bits per heavy atom. The van der Waals surface area contributed by atoms with E-state index in [1.54, 1.807) is 0 Å². The smallest absolute Gasteiger partial charge is 0.137 e. The van der Waals surface area contributed by atoms with Crippen LogP contribution in [0.15, 0.2) is 0 Å². The van der Waals surface area contributed by atoms with Crippen molar-refractivity contribution >= 4 is 11.6 Å². The molecular formula is C6H11ClN2O2. The van der Waals surface area contributed by atoms with Gasteiger partial charge in [0.05, 0.1) is 6.04 Å². The zero-order chi connectivity index (χ0) is 7.84. The SMILES string of the molecule is [O-][NH+]1ONC2CC(Cl)CCC21. The molecule has 0 radical (unpaired) electrons. The van der Waals surface area contributed by atoms with Gasteiger partial charge in [0, 0.05) is 11.8 Å². The third kappa shape index (κ3) is 1.37. The molecule has 4 unspecified atom stereocenters. The van der Waals surface area contributed by atoms with Crippen molar-refractivity contribution < 1.29 is 10.2 Å². The molecule has 64 valence electrons. The number of nitrogens with one attached hydrogen (secondary N) is 2. The summed E-state index contributed by atoms with van der Waals surface area (Å²) in [4.78, 5) is 4.70. The summed E-state index contributed by atoms with van der Waals surface area (Å²) in [7, 11) is 0. The van der Waals surface area contributed by atoms with Gasteiger partial charge in [-0.05, 0) is 12.8 Å². The molecule has 0 aromatic carbocycles. The van der Waals surface area contributed by atoms with Crippen molar-refractivity contribution in [1.82, 2.24) is 5.48 Å². The van der Waals surface area contributed by atoms with Crippen LogP contribution in [-0.4, -0.2) is 17.5 Å². The van der Waals surface area contributed by atoms with Crippen LogP contribution in [0.5, 0.6) is 0 Å². The topological polar surface area (TPSA) is 48.8 Å². The molecule has 2 aliphatic rings. The van der Waals surface area contributed by atoms with Crippen LogP contribution in [0.3, 0.4) is 0 Å². The van der Waals surface area contributed by atoms with E-state index in [0.29, 0.717) is 0 Å². The Morgan fingerprint density at radius 3 is 3.18 bits per heavy atom. The fourth-order valence-corrected chi connectivity index (χ4v) is 2.06. The monoisotopic (exact) mass is 178 g/mol. The molecule has 1 aliphatic carbocycles. The summed E-state index contributed by atoms with van der Waals surface area (Å²) in [5.41, 5.74) is 2.70. The highest BCUT2D eigenvalue weighted by molar-refractivity contribution is 6.20. The van der Waals surface area contributed by atoms with Crippen LogP contribution in [-0.2, 0) is 4.94 Å². The first-order valence-electron chi connectivity index (χ1n) is 3.87. The Kier molecular flexibility index (Phi) is 2.03.